The fourth-order valence-electron chi connectivity index (χ4n) is 0.934. The van der Waals surface area contributed by atoms with Gasteiger partial charge in [0.15, 0.2) is 0 Å². The normalized spacial score (nSPS) is 11.5. The third-order valence-electron chi connectivity index (χ3n) is 1.62. The quantitative estimate of drug-likeness (QED) is 0.681. The fraction of sp³-hybridized carbons (Fsp3) is 0.200. The molecule has 0 saturated carbocycles. The van der Waals surface area contributed by atoms with Gasteiger partial charge in [0.2, 0.25) is 0 Å². The van der Waals surface area contributed by atoms with Gasteiger partial charge in [0.25, 0.3) is 0 Å². The van der Waals surface area contributed by atoms with Crippen molar-refractivity contribution < 1.29 is 0 Å². The lowest BCUT2D eigenvalue weighted by Crippen LogP contribution is -1.99. The van der Waals surface area contributed by atoms with Crippen LogP contribution >= 0.6 is 0 Å². The smallest absolute Gasteiger partial charge is 0.0117 e. The van der Waals surface area contributed by atoms with Crippen LogP contribution in [-0.4, -0.2) is 0 Å². The average molecular weight is 147 g/mol. The molecule has 0 aliphatic carbocycles. The Hall–Kier alpha value is -1.24. The Kier molecular flexibility index (Phi) is 2.73. The summed E-state index contributed by atoms with van der Waals surface area (Å²) >= 11 is 0. The van der Waals surface area contributed by atoms with Crippen molar-refractivity contribution in [1.82, 2.24) is 0 Å². The van der Waals surface area contributed by atoms with E-state index in [1.54, 1.807) is 0 Å². The first-order valence-corrected chi connectivity index (χ1v) is 3.77. The van der Waals surface area contributed by atoms with Crippen molar-refractivity contribution in [3.8, 4) is 0 Å². The van der Waals surface area contributed by atoms with Gasteiger partial charge in [-0.2, -0.15) is 0 Å². The maximum Gasteiger partial charge on any atom is 0.0117 e. The first-order chi connectivity index (χ1) is 5.33. The van der Waals surface area contributed by atoms with E-state index < -0.39 is 0 Å². The van der Waals surface area contributed by atoms with E-state index in [-0.39, 0.29) is 0 Å². The van der Waals surface area contributed by atoms with Crippen molar-refractivity contribution in [1.29, 1.82) is 0 Å². The second-order valence-corrected chi connectivity index (χ2v) is 2.53. The summed E-state index contributed by atoms with van der Waals surface area (Å²) in [5.74, 6) is 0. The molecule has 0 aliphatic rings. The van der Waals surface area contributed by atoms with Crippen LogP contribution < -0.4 is 5.73 Å². The van der Waals surface area contributed by atoms with Gasteiger partial charge in [0, 0.05) is 12.1 Å². The molecule has 0 bridgehead atoms. The zero-order valence-corrected chi connectivity index (χ0v) is 6.75. The van der Waals surface area contributed by atoms with Crippen LogP contribution in [0.25, 0.3) is 0 Å². The average Bonchev–Trinajstić information content (AvgIpc) is 2.06. The molecular weight excluding hydrogens is 134 g/mol. The molecule has 0 fully saturated rings. The highest BCUT2D eigenvalue weighted by Crippen LogP contribution is 2.02. The maximum absolute atomic E-state index is 5.67. The van der Waals surface area contributed by atoms with Gasteiger partial charge in [-0.25, -0.2) is 0 Å². The van der Waals surface area contributed by atoms with E-state index in [2.05, 4.69) is 12.1 Å². The molecule has 0 aromatic heterocycles. The SMILES string of the molecule is C/C=C(/N)Cc1ccccc1. The molecule has 1 nitrogen and oxygen atoms in total. The molecular formula is C10H13N. The molecule has 2 N–H and O–H groups in total. The molecule has 0 heterocycles. The summed E-state index contributed by atoms with van der Waals surface area (Å²) in [6, 6.07) is 10.2. The summed E-state index contributed by atoms with van der Waals surface area (Å²) in [5, 5.41) is 0. The monoisotopic (exact) mass is 147 g/mol. The number of nitrogens with two attached hydrogens (primary N) is 1. The van der Waals surface area contributed by atoms with Gasteiger partial charge in [0.05, 0.1) is 0 Å². The highest BCUT2D eigenvalue weighted by atomic mass is 14.6. The van der Waals surface area contributed by atoms with Gasteiger partial charge in [0.1, 0.15) is 0 Å². The van der Waals surface area contributed by atoms with Crippen LogP contribution in [0.4, 0.5) is 0 Å². The second-order valence-electron chi connectivity index (χ2n) is 2.53. The zero-order chi connectivity index (χ0) is 8.10. The first kappa shape index (κ1) is 7.86. The van der Waals surface area contributed by atoms with Crippen molar-refractivity contribution in [2.24, 2.45) is 5.73 Å². The van der Waals surface area contributed by atoms with Crippen molar-refractivity contribution in [3.63, 3.8) is 0 Å². The van der Waals surface area contributed by atoms with Crippen molar-refractivity contribution in [3.05, 3.63) is 47.7 Å². The highest BCUT2D eigenvalue weighted by molar-refractivity contribution is 5.20. The Bertz CT molecular complexity index is 236. The minimum atomic E-state index is 0.858. The van der Waals surface area contributed by atoms with Crippen molar-refractivity contribution in [2.75, 3.05) is 0 Å². The van der Waals surface area contributed by atoms with Crippen LogP contribution in [0.3, 0.4) is 0 Å². The summed E-state index contributed by atoms with van der Waals surface area (Å²) in [7, 11) is 0. The Morgan fingerprint density at radius 2 is 2.00 bits per heavy atom. The molecule has 1 heteroatoms. The van der Waals surface area contributed by atoms with Crippen LogP contribution in [0.2, 0.25) is 0 Å². The summed E-state index contributed by atoms with van der Waals surface area (Å²) in [5.41, 5.74) is 7.86. The van der Waals surface area contributed by atoms with E-state index in [4.69, 9.17) is 5.73 Å². The topological polar surface area (TPSA) is 26.0 Å². The fourth-order valence-corrected chi connectivity index (χ4v) is 0.934. The van der Waals surface area contributed by atoms with Crippen LogP contribution in [-0.2, 0) is 6.42 Å². The van der Waals surface area contributed by atoms with E-state index in [1.165, 1.54) is 5.56 Å². The van der Waals surface area contributed by atoms with Crippen LogP contribution in [0.15, 0.2) is 42.1 Å². The predicted octanol–water partition coefficient (Wildman–Crippen LogP) is 2.09. The van der Waals surface area contributed by atoms with Gasteiger partial charge < -0.3 is 5.73 Å². The standard InChI is InChI=1S/C10H13N/c1-2-10(11)8-9-6-4-3-5-7-9/h2-7H,8,11H2,1H3/b10-2+. The molecule has 0 unspecified atom stereocenters. The lowest BCUT2D eigenvalue weighted by atomic mass is 10.1. The molecule has 0 saturated heterocycles. The minimum absolute atomic E-state index is 0.858. The zero-order valence-electron chi connectivity index (χ0n) is 6.75. The molecule has 1 rings (SSSR count). The van der Waals surface area contributed by atoms with Gasteiger partial charge in [-0.15, -0.1) is 0 Å². The van der Waals surface area contributed by atoms with Crippen LogP contribution in [0.5, 0.6) is 0 Å². The van der Waals surface area contributed by atoms with Gasteiger partial charge in [-0.05, 0) is 12.5 Å². The summed E-state index contributed by atoms with van der Waals surface area (Å²) in [4.78, 5) is 0. The molecule has 0 amide bonds. The van der Waals surface area contributed by atoms with Crippen molar-refractivity contribution >= 4 is 0 Å². The van der Waals surface area contributed by atoms with Gasteiger partial charge in [-0.3, -0.25) is 0 Å². The van der Waals surface area contributed by atoms with Crippen LogP contribution in [0.1, 0.15) is 12.5 Å². The van der Waals surface area contributed by atoms with Gasteiger partial charge in [-0.1, -0.05) is 36.4 Å². The Labute approximate surface area is 67.5 Å². The molecule has 0 radical (unpaired) electrons. The predicted molar refractivity (Wildman–Crippen MR) is 48.1 cm³/mol. The molecule has 1 aromatic carbocycles. The van der Waals surface area contributed by atoms with E-state index in [0.29, 0.717) is 0 Å². The summed E-state index contributed by atoms with van der Waals surface area (Å²) in [6.45, 7) is 1.96. The van der Waals surface area contributed by atoms with E-state index in [1.807, 2.05) is 31.2 Å². The lowest BCUT2D eigenvalue weighted by molar-refractivity contribution is 1.10. The van der Waals surface area contributed by atoms with E-state index in [0.717, 1.165) is 12.1 Å². The molecule has 0 atom stereocenters. The second kappa shape index (κ2) is 3.81. The maximum atomic E-state index is 5.67. The third-order valence-corrected chi connectivity index (χ3v) is 1.62. The first-order valence-electron chi connectivity index (χ1n) is 3.77. The minimum Gasteiger partial charge on any atom is -0.402 e. The van der Waals surface area contributed by atoms with E-state index in [9.17, 15) is 0 Å². The Balaban J connectivity index is 2.65. The van der Waals surface area contributed by atoms with Crippen LogP contribution in [0, 0.1) is 0 Å². The number of benzene rings is 1. The van der Waals surface area contributed by atoms with Crippen molar-refractivity contribution in [2.45, 2.75) is 13.3 Å². The Morgan fingerprint density at radius 3 is 2.55 bits per heavy atom. The number of allylic oxidation sites excluding steroid dienone is 2. The third kappa shape index (κ3) is 2.46. The Morgan fingerprint density at radius 1 is 1.36 bits per heavy atom. The van der Waals surface area contributed by atoms with E-state index >= 15 is 0 Å². The number of hydrogen-bond donors (Lipinski definition) is 1. The summed E-state index contributed by atoms with van der Waals surface area (Å²) in [6.07, 6.45) is 2.80. The van der Waals surface area contributed by atoms with Gasteiger partial charge >= 0.3 is 0 Å². The number of rotatable bonds is 2. The molecule has 11 heavy (non-hydrogen) atoms. The number of hydrogen-bond acceptors (Lipinski definition) is 1. The molecule has 58 valence electrons. The lowest BCUT2D eigenvalue weighted by Gasteiger charge is -1.99. The summed E-state index contributed by atoms with van der Waals surface area (Å²) < 4.78 is 0. The molecule has 0 aliphatic heterocycles. The molecule has 1 aromatic rings. The highest BCUT2D eigenvalue weighted by Gasteiger charge is 1.90. The largest absolute Gasteiger partial charge is 0.402 e. The molecule has 0 spiro atoms.